The predicted octanol–water partition coefficient (Wildman–Crippen LogP) is 6.99. The highest BCUT2D eigenvalue weighted by atomic mass is 32.2. The number of para-hydroxylation sites is 1. The van der Waals surface area contributed by atoms with Crippen LogP contribution in [-0.2, 0) is 38.6 Å². The largest absolute Gasteiger partial charge is 0.467 e. The lowest BCUT2D eigenvalue weighted by molar-refractivity contribution is -0.268. The van der Waals surface area contributed by atoms with E-state index in [-0.39, 0.29) is 31.3 Å². The first-order valence-corrected chi connectivity index (χ1v) is 19.7. The molecule has 1 aromatic heterocycles. The number of esters is 1. The molecular formula is C44H44N6O6S. The second kappa shape index (κ2) is 18.9. The molecule has 5 unspecified atom stereocenters. The van der Waals surface area contributed by atoms with Gasteiger partial charge in [0.2, 0.25) is 5.16 Å². The number of amides is 2. The molecule has 13 heteroatoms. The molecule has 0 aliphatic carbocycles. The minimum absolute atomic E-state index is 0.0114. The van der Waals surface area contributed by atoms with Gasteiger partial charge in [-0.05, 0) is 62.0 Å². The van der Waals surface area contributed by atoms with Gasteiger partial charge in [0.1, 0.15) is 6.04 Å². The van der Waals surface area contributed by atoms with Crippen molar-refractivity contribution < 1.29 is 28.9 Å². The first-order chi connectivity index (χ1) is 27.9. The smallest absolute Gasteiger partial charge is 0.328 e. The predicted molar refractivity (Wildman–Crippen MR) is 216 cm³/mol. The van der Waals surface area contributed by atoms with Gasteiger partial charge in [0, 0.05) is 30.2 Å². The minimum atomic E-state index is -0.822. The first-order valence-electron chi connectivity index (χ1n) is 18.7. The summed E-state index contributed by atoms with van der Waals surface area (Å²) < 4.78 is 20.0. The van der Waals surface area contributed by atoms with Crippen LogP contribution in [0.2, 0.25) is 0 Å². The van der Waals surface area contributed by atoms with Crippen molar-refractivity contribution in [3.8, 4) is 16.8 Å². The Balaban J connectivity index is 1.03. The van der Waals surface area contributed by atoms with Crippen molar-refractivity contribution >= 4 is 23.8 Å². The summed E-state index contributed by atoms with van der Waals surface area (Å²) in [5.41, 5.74) is 7.35. The maximum absolute atomic E-state index is 12.9. The van der Waals surface area contributed by atoms with E-state index in [0.717, 1.165) is 44.6 Å². The molecule has 12 nitrogen and oxygen atoms in total. The van der Waals surface area contributed by atoms with E-state index < -0.39 is 24.3 Å². The number of aliphatic hydroxyl groups is 1. The number of hydrogen-bond acceptors (Lipinski definition) is 10. The van der Waals surface area contributed by atoms with E-state index in [1.807, 2.05) is 133 Å². The molecule has 0 bridgehead atoms. The SMILES string of the molecule is COC(=O)C(Cc1ccccc1)NC(=O)NCc1cccc(-c2ccc(C3OC(CSc4nnnn4-c4ccccc4)C(C)C(c4ccc(CO)cc4)O3)cc2)c1. The highest BCUT2D eigenvalue weighted by molar-refractivity contribution is 7.99. The normalized spacial score (nSPS) is 18.4. The van der Waals surface area contributed by atoms with Gasteiger partial charge < -0.3 is 30.0 Å². The van der Waals surface area contributed by atoms with Crippen LogP contribution in [0.4, 0.5) is 4.79 Å². The molecule has 2 heterocycles. The molecule has 1 saturated heterocycles. The lowest BCUT2D eigenvalue weighted by atomic mass is 9.91. The van der Waals surface area contributed by atoms with E-state index >= 15 is 0 Å². The fraction of sp³-hybridized carbons (Fsp3) is 0.250. The van der Waals surface area contributed by atoms with Crippen LogP contribution in [0.1, 0.15) is 47.1 Å². The molecule has 7 rings (SSSR count). The van der Waals surface area contributed by atoms with Gasteiger partial charge in [-0.2, -0.15) is 4.68 Å². The maximum atomic E-state index is 12.9. The summed E-state index contributed by atoms with van der Waals surface area (Å²) in [6.45, 7) is 2.36. The Hall–Kier alpha value is -5.86. The summed E-state index contributed by atoms with van der Waals surface area (Å²) in [4.78, 5) is 25.3. The minimum Gasteiger partial charge on any atom is -0.467 e. The highest BCUT2D eigenvalue weighted by Crippen LogP contribution is 2.43. The second-order valence-corrected chi connectivity index (χ2v) is 14.7. The lowest BCUT2D eigenvalue weighted by Crippen LogP contribution is -2.47. The Morgan fingerprint density at radius 3 is 2.25 bits per heavy atom. The summed E-state index contributed by atoms with van der Waals surface area (Å²) in [6.07, 6.45) is -0.802. The Labute approximate surface area is 335 Å². The monoisotopic (exact) mass is 784 g/mol. The van der Waals surface area contributed by atoms with E-state index in [1.165, 1.54) is 18.9 Å². The molecule has 1 aliphatic rings. The number of rotatable bonds is 14. The summed E-state index contributed by atoms with van der Waals surface area (Å²) >= 11 is 1.53. The Bertz CT molecular complexity index is 2220. The van der Waals surface area contributed by atoms with Crippen LogP contribution < -0.4 is 10.6 Å². The van der Waals surface area contributed by atoms with Crippen molar-refractivity contribution in [2.75, 3.05) is 12.9 Å². The number of thioether (sulfide) groups is 1. The van der Waals surface area contributed by atoms with Gasteiger partial charge in [0.25, 0.3) is 0 Å². The van der Waals surface area contributed by atoms with Crippen molar-refractivity contribution in [2.24, 2.45) is 5.92 Å². The number of carbonyl (C=O) groups excluding carboxylic acids is 2. The van der Waals surface area contributed by atoms with Gasteiger partial charge in [0.05, 0.1) is 31.6 Å². The number of aliphatic hydroxyl groups excluding tert-OH is 1. The fourth-order valence-electron chi connectivity index (χ4n) is 6.74. The van der Waals surface area contributed by atoms with Gasteiger partial charge in [-0.25, -0.2) is 9.59 Å². The van der Waals surface area contributed by atoms with Crippen LogP contribution in [0.25, 0.3) is 16.8 Å². The van der Waals surface area contributed by atoms with Crippen LogP contribution in [0.5, 0.6) is 0 Å². The van der Waals surface area contributed by atoms with E-state index in [0.29, 0.717) is 17.3 Å². The zero-order valence-corrected chi connectivity index (χ0v) is 32.4. The van der Waals surface area contributed by atoms with Crippen LogP contribution in [0.15, 0.2) is 139 Å². The van der Waals surface area contributed by atoms with E-state index in [1.54, 1.807) is 4.68 Å². The third-order valence-corrected chi connectivity index (χ3v) is 10.9. The molecule has 0 spiro atoms. The summed E-state index contributed by atoms with van der Waals surface area (Å²) in [5.74, 6) is 0.0661. The van der Waals surface area contributed by atoms with Crippen molar-refractivity contribution in [3.63, 3.8) is 0 Å². The van der Waals surface area contributed by atoms with Crippen molar-refractivity contribution in [3.05, 3.63) is 161 Å². The zero-order valence-electron chi connectivity index (χ0n) is 31.6. The molecule has 1 fully saturated rings. The maximum Gasteiger partial charge on any atom is 0.328 e. The fourth-order valence-corrected chi connectivity index (χ4v) is 7.79. The Morgan fingerprint density at radius 2 is 1.53 bits per heavy atom. The standard InChI is InChI=1S/C44H44N6O6S/c1-29-39(28-57-44-47-48-49-50(44)37-14-7-4-8-15-37)55-42(56-40(29)34-18-16-31(27-51)17-19-34)35-22-20-33(21-23-35)36-13-9-12-32(24-36)26-45-43(53)46-38(41(52)54-2)25-30-10-5-3-6-11-30/h3-24,29,38-40,42,51H,25-28H2,1-2H3,(H2,45,46,53). The number of benzene rings is 5. The van der Waals surface area contributed by atoms with Crippen LogP contribution in [0.3, 0.4) is 0 Å². The number of ether oxygens (including phenoxy) is 3. The molecule has 0 saturated carbocycles. The highest BCUT2D eigenvalue weighted by Gasteiger charge is 2.38. The molecule has 6 aromatic rings. The Kier molecular flexibility index (Phi) is 13.0. The van der Waals surface area contributed by atoms with Crippen LogP contribution in [0, 0.1) is 5.92 Å². The number of carbonyl (C=O) groups is 2. The molecule has 57 heavy (non-hydrogen) atoms. The molecule has 5 atom stereocenters. The number of hydrogen-bond donors (Lipinski definition) is 3. The number of nitrogens with one attached hydrogen (secondary N) is 2. The molecule has 3 N–H and O–H groups in total. The lowest BCUT2D eigenvalue weighted by Gasteiger charge is -2.41. The van der Waals surface area contributed by atoms with Gasteiger partial charge in [-0.3, -0.25) is 0 Å². The average Bonchev–Trinajstić information content (AvgIpc) is 3.74. The molecular weight excluding hydrogens is 741 g/mol. The second-order valence-electron chi connectivity index (χ2n) is 13.8. The van der Waals surface area contributed by atoms with Crippen LogP contribution in [-0.4, -0.2) is 62.3 Å². The zero-order chi connectivity index (χ0) is 39.6. The average molecular weight is 785 g/mol. The van der Waals surface area contributed by atoms with E-state index in [9.17, 15) is 14.7 Å². The molecule has 5 aromatic carbocycles. The number of methoxy groups -OCH3 is 1. The summed E-state index contributed by atoms with van der Waals surface area (Å²) in [7, 11) is 1.31. The van der Waals surface area contributed by atoms with Crippen molar-refractivity contribution in [2.45, 2.75) is 56.2 Å². The van der Waals surface area contributed by atoms with E-state index in [4.69, 9.17) is 14.2 Å². The van der Waals surface area contributed by atoms with Crippen LogP contribution >= 0.6 is 11.8 Å². The molecule has 292 valence electrons. The molecule has 2 amide bonds. The van der Waals surface area contributed by atoms with Gasteiger partial charge in [-0.15, -0.1) is 5.10 Å². The molecule has 1 aliphatic heterocycles. The number of nitrogens with zero attached hydrogens (tertiary/aromatic N) is 4. The molecule has 0 radical (unpaired) electrons. The van der Waals surface area contributed by atoms with Crippen molar-refractivity contribution in [1.82, 2.24) is 30.8 Å². The third kappa shape index (κ3) is 9.94. The number of tetrazole rings is 1. The first kappa shape index (κ1) is 39.4. The third-order valence-electron chi connectivity index (χ3n) is 9.91. The van der Waals surface area contributed by atoms with Gasteiger partial charge in [0.15, 0.2) is 6.29 Å². The number of urea groups is 1. The number of aromatic nitrogens is 4. The topological polar surface area (TPSA) is 150 Å². The van der Waals surface area contributed by atoms with Crippen molar-refractivity contribution in [1.29, 1.82) is 0 Å². The van der Waals surface area contributed by atoms with Gasteiger partial charge in [-0.1, -0.05) is 134 Å². The van der Waals surface area contributed by atoms with Gasteiger partial charge >= 0.3 is 12.0 Å². The quantitative estimate of drug-likeness (QED) is 0.0780. The summed E-state index contributed by atoms with van der Waals surface area (Å²) in [5, 5.41) is 28.4. The van der Waals surface area contributed by atoms with E-state index in [2.05, 4.69) is 33.1 Å². The summed E-state index contributed by atoms with van der Waals surface area (Å²) in [6, 6.07) is 41.8. The Morgan fingerprint density at radius 1 is 0.825 bits per heavy atom.